The molecule has 0 saturated heterocycles. The molecule has 17 heavy (non-hydrogen) atoms. The number of aliphatic hydroxyl groups is 1. The topological polar surface area (TPSA) is 20.2 Å². The largest absolute Gasteiger partial charge is 0.416 e. The van der Waals surface area contributed by atoms with E-state index in [0.717, 1.165) is 17.7 Å². The van der Waals surface area contributed by atoms with Gasteiger partial charge in [-0.3, -0.25) is 0 Å². The molecular formula is C13H13F3O. The maximum Gasteiger partial charge on any atom is 0.416 e. The first-order valence-electron chi connectivity index (χ1n) is 5.14. The minimum atomic E-state index is -4.30. The summed E-state index contributed by atoms with van der Waals surface area (Å²) >= 11 is 0. The lowest BCUT2D eigenvalue weighted by molar-refractivity contribution is -0.137. The second-order valence-electron chi connectivity index (χ2n) is 3.66. The van der Waals surface area contributed by atoms with Crippen LogP contribution >= 0.6 is 0 Å². The van der Waals surface area contributed by atoms with Crippen LogP contribution in [-0.4, -0.2) is 11.7 Å². The van der Waals surface area contributed by atoms with Gasteiger partial charge in [0.2, 0.25) is 0 Å². The van der Waals surface area contributed by atoms with Crippen LogP contribution in [-0.2, 0) is 6.18 Å². The molecule has 1 aromatic carbocycles. The van der Waals surface area contributed by atoms with Gasteiger partial charge in [0.15, 0.2) is 0 Å². The Bertz CT molecular complexity index is 423. The Morgan fingerprint density at radius 1 is 1.29 bits per heavy atom. The number of rotatable bonds is 3. The van der Waals surface area contributed by atoms with Crippen LogP contribution in [0.3, 0.4) is 0 Å². The van der Waals surface area contributed by atoms with Gasteiger partial charge in [-0.2, -0.15) is 13.2 Å². The standard InChI is InChI=1S/C13H13F3O/c1-10(8-9-17)2-3-11-4-6-12(7-5-11)13(14,15)16/h3-7,17H,8-9H2,1H3. The maximum atomic E-state index is 12.3. The van der Waals surface area contributed by atoms with Crippen LogP contribution in [0.5, 0.6) is 0 Å². The Morgan fingerprint density at radius 2 is 1.88 bits per heavy atom. The summed E-state index contributed by atoms with van der Waals surface area (Å²) in [6, 6.07) is 4.86. The van der Waals surface area contributed by atoms with Gasteiger partial charge in [-0.1, -0.05) is 12.1 Å². The van der Waals surface area contributed by atoms with Crippen molar-refractivity contribution in [1.29, 1.82) is 0 Å². The highest BCUT2D eigenvalue weighted by molar-refractivity contribution is 5.49. The summed E-state index contributed by atoms with van der Waals surface area (Å²) in [7, 11) is 0. The average molecular weight is 242 g/mol. The molecule has 0 aromatic heterocycles. The van der Waals surface area contributed by atoms with Gasteiger partial charge in [0.25, 0.3) is 0 Å². The highest BCUT2D eigenvalue weighted by atomic mass is 19.4. The minimum Gasteiger partial charge on any atom is -0.396 e. The third-order valence-electron chi connectivity index (χ3n) is 2.21. The molecule has 1 rings (SSSR count). The van der Waals surface area contributed by atoms with E-state index in [9.17, 15) is 13.2 Å². The van der Waals surface area contributed by atoms with Crippen molar-refractivity contribution < 1.29 is 18.3 Å². The first kappa shape index (κ1) is 13.6. The molecule has 0 saturated carbocycles. The molecule has 0 atom stereocenters. The number of alkyl halides is 3. The van der Waals surface area contributed by atoms with Gasteiger partial charge >= 0.3 is 6.18 Å². The molecule has 0 radical (unpaired) electrons. The molecule has 0 bridgehead atoms. The Kier molecular flexibility index (Phi) is 4.55. The van der Waals surface area contributed by atoms with Crippen LogP contribution in [0.15, 0.2) is 35.6 Å². The van der Waals surface area contributed by atoms with Crippen LogP contribution < -0.4 is 0 Å². The third-order valence-corrected chi connectivity index (χ3v) is 2.21. The number of benzene rings is 1. The first-order chi connectivity index (χ1) is 7.93. The summed E-state index contributed by atoms with van der Waals surface area (Å²) in [4.78, 5) is 0. The van der Waals surface area contributed by atoms with E-state index < -0.39 is 11.7 Å². The van der Waals surface area contributed by atoms with E-state index in [1.165, 1.54) is 12.1 Å². The second-order valence-corrected chi connectivity index (χ2v) is 3.66. The molecule has 0 aliphatic heterocycles. The van der Waals surface area contributed by atoms with E-state index in [-0.39, 0.29) is 6.61 Å². The van der Waals surface area contributed by atoms with Crippen molar-refractivity contribution in [2.24, 2.45) is 0 Å². The molecule has 0 fully saturated rings. The molecule has 0 unspecified atom stereocenters. The predicted molar refractivity (Wildman–Crippen MR) is 60.3 cm³/mol. The predicted octanol–water partition coefficient (Wildman–Crippen LogP) is 3.65. The van der Waals surface area contributed by atoms with E-state index in [2.05, 4.69) is 5.73 Å². The van der Waals surface area contributed by atoms with Gasteiger partial charge < -0.3 is 5.11 Å². The maximum absolute atomic E-state index is 12.3. The van der Waals surface area contributed by atoms with Crippen molar-refractivity contribution in [2.45, 2.75) is 19.5 Å². The Hall–Kier alpha value is -1.51. The number of hydrogen-bond acceptors (Lipinski definition) is 1. The zero-order valence-electron chi connectivity index (χ0n) is 9.38. The number of hydrogen-bond donors (Lipinski definition) is 1. The normalized spacial score (nSPS) is 10.9. The van der Waals surface area contributed by atoms with Crippen LogP contribution in [0.2, 0.25) is 0 Å². The SMILES string of the molecule is CC(=C=Cc1ccc(C(F)(F)F)cc1)CCO. The van der Waals surface area contributed by atoms with E-state index in [1.54, 1.807) is 13.0 Å². The molecule has 0 spiro atoms. The number of aliphatic hydroxyl groups excluding tert-OH is 1. The fraction of sp³-hybridized carbons (Fsp3) is 0.308. The van der Waals surface area contributed by atoms with Crippen molar-refractivity contribution in [3.05, 3.63) is 46.7 Å². The zero-order chi connectivity index (χ0) is 12.9. The van der Waals surface area contributed by atoms with Crippen LogP contribution in [0.4, 0.5) is 13.2 Å². The highest BCUT2D eigenvalue weighted by Crippen LogP contribution is 2.29. The van der Waals surface area contributed by atoms with Gasteiger partial charge in [0.05, 0.1) is 5.56 Å². The molecule has 4 heteroatoms. The molecule has 1 N–H and O–H groups in total. The monoisotopic (exact) mass is 242 g/mol. The van der Waals surface area contributed by atoms with Crippen LogP contribution in [0.1, 0.15) is 24.5 Å². The molecule has 1 nitrogen and oxygen atoms in total. The van der Waals surface area contributed by atoms with E-state index in [0.29, 0.717) is 12.0 Å². The van der Waals surface area contributed by atoms with Gasteiger partial charge in [0, 0.05) is 6.61 Å². The summed E-state index contributed by atoms with van der Waals surface area (Å²) in [6.07, 6.45) is -2.19. The Morgan fingerprint density at radius 3 is 2.35 bits per heavy atom. The van der Waals surface area contributed by atoms with Crippen molar-refractivity contribution in [3.63, 3.8) is 0 Å². The van der Waals surface area contributed by atoms with E-state index in [4.69, 9.17) is 5.11 Å². The van der Waals surface area contributed by atoms with Gasteiger partial charge in [-0.15, -0.1) is 5.73 Å². The summed E-state index contributed by atoms with van der Waals surface area (Å²) in [5.74, 6) is 0. The average Bonchev–Trinajstić information content (AvgIpc) is 2.26. The fourth-order valence-electron chi connectivity index (χ4n) is 1.21. The summed E-state index contributed by atoms with van der Waals surface area (Å²) in [5.41, 5.74) is 3.75. The smallest absolute Gasteiger partial charge is 0.396 e. The molecular weight excluding hydrogens is 229 g/mol. The zero-order valence-corrected chi connectivity index (χ0v) is 9.38. The van der Waals surface area contributed by atoms with Crippen LogP contribution in [0.25, 0.3) is 6.08 Å². The van der Waals surface area contributed by atoms with Crippen molar-refractivity contribution in [3.8, 4) is 0 Å². The quantitative estimate of drug-likeness (QED) is 0.802. The summed E-state index contributed by atoms with van der Waals surface area (Å²) in [6.45, 7) is 1.84. The lowest BCUT2D eigenvalue weighted by Gasteiger charge is -2.05. The number of halogens is 3. The lowest BCUT2D eigenvalue weighted by Crippen LogP contribution is -2.03. The molecule has 0 amide bonds. The molecule has 0 heterocycles. The van der Waals surface area contributed by atoms with Crippen LogP contribution in [0, 0.1) is 0 Å². The van der Waals surface area contributed by atoms with Crippen molar-refractivity contribution in [2.75, 3.05) is 6.61 Å². The van der Waals surface area contributed by atoms with Gasteiger partial charge in [0.1, 0.15) is 0 Å². The fourth-order valence-corrected chi connectivity index (χ4v) is 1.21. The van der Waals surface area contributed by atoms with Crippen molar-refractivity contribution >= 4 is 6.08 Å². The Balaban J connectivity index is 2.86. The van der Waals surface area contributed by atoms with E-state index >= 15 is 0 Å². The Labute approximate surface area is 97.9 Å². The molecule has 92 valence electrons. The minimum absolute atomic E-state index is 0.0414. The molecule has 0 aliphatic carbocycles. The molecule has 0 aliphatic rings. The highest BCUT2D eigenvalue weighted by Gasteiger charge is 2.29. The van der Waals surface area contributed by atoms with Crippen molar-refractivity contribution in [1.82, 2.24) is 0 Å². The summed E-state index contributed by atoms with van der Waals surface area (Å²) in [5, 5.41) is 8.66. The lowest BCUT2D eigenvalue weighted by atomic mass is 10.1. The second kappa shape index (κ2) is 5.71. The summed E-state index contributed by atoms with van der Waals surface area (Å²) < 4.78 is 36.8. The van der Waals surface area contributed by atoms with Gasteiger partial charge in [-0.05, 0) is 42.7 Å². The van der Waals surface area contributed by atoms with E-state index in [1.807, 2.05) is 0 Å². The first-order valence-corrected chi connectivity index (χ1v) is 5.14. The van der Waals surface area contributed by atoms with Gasteiger partial charge in [-0.25, -0.2) is 0 Å². The third kappa shape index (κ3) is 4.47. The molecule has 1 aromatic rings.